The van der Waals surface area contributed by atoms with Gasteiger partial charge in [0.15, 0.2) is 0 Å². The summed E-state index contributed by atoms with van der Waals surface area (Å²) in [7, 11) is 2.22. The van der Waals surface area contributed by atoms with E-state index in [0.29, 0.717) is 5.56 Å². The lowest BCUT2D eigenvalue weighted by Gasteiger charge is -2.36. The summed E-state index contributed by atoms with van der Waals surface area (Å²) >= 11 is 12.5. The Labute approximate surface area is 204 Å². The molecule has 2 aromatic rings. The average molecular weight is 502 g/mol. The number of esters is 2. The molecule has 0 saturated carbocycles. The van der Waals surface area contributed by atoms with E-state index in [2.05, 4.69) is 0 Å². The maximum absolute atomic E-state index is 13.0. The van der Waals surface area contributed by atoms with Gasteiger partial charge in [-0.25, -0.2) is 14.4 Å². The van der Waals surface area contributed by atoms with Gasteiger partial charge in [0.2, 0.25) is 0 Å². The summed E-state index contributed by atoms with van der Waals surface area (Å²) < 4.78 is 9.86. The summed E-state index contributed by atoms with van der Waals surface area (Å²) in [5, 5.41) is 18.7. The number of halogens is 2. The Morgan fingerprint density at radius 1 is 1.03 bits per heavy atom. The third-order valence-corrected chi connectivity index (χ3v) is 6.02. The monoisotopic (exact) mass is 501 g/mol. The lowest BCUT2D eigenvalue weighted by molar-refractivity contribution is -0.139. The third-order valence-electron chi connectivity index (χ3n) is 5.14. The highest BCUT2D eigenvalue weighted by Gasteiger charge is 2.43. The van der Waals surface area contributed by atoms with Crippen molar-refractivity contribution in [1.82, 2.24) is 0 Å². The van der Waals surface area contributed by atoms with Gasteiger partial charge in [0, 0.05) is 0 Å². The van der Waals surface area contributed by atoms with E-state index < -0.39 is 23.8 Å². The molecule has 0 fully saturated rings. The lowest BCUT2D eigenvalue weighted by atomic mass is 9.81. The molecule has 0 aliphatic carbocycles. The number of allylic oxidation sites excluding steroid dienone is 1. The summed E-state index contributed by atoms with van der Waals surface area (Å²) in [6.07, 6.45) is 0. The molecule has 0 aromatic heterocycles. The van der Waals surface area contributed by atoms with Gasteiger partial charge in [0.05, 0.1) is 58.6 Å². The van der Waals surface area contributed by atoms with Crippen LogP contribution in [0.25, 0.3) is 0 Å². The number of methoxy groups -OCH3 is 2. The van der Waals surface area contributed by atoms with E-state index in [1.807, 2.05) is 6.07 Å². The molecule has 1 aliphatic rings. The van der Waals surface area contributed by atoms with Crippen molar-refractivity contribution in [3.63, 3.8) is 0 Å². The molecule has 1 unspecified atom stereocenters. The number of carboxylic acids is 1. The van der Waals surface area contributed by atoms with Gasteiger partial charge >= 0.3 is 17.9 Å². The third kappa shape index (κ3) is 4.05. The van der Waals surface area contributed by atoms with Crippen molar-refractivity contribution in [1.29, 1.82) is 5.26 Å². The minimum atomic E-state index is -1.33. The number of aromatic carboxylic acids is 1. The fraction of sp³-hybridized carbons (Fsp3) is 0.130. The van der Waals surface area contributed by atoms with Crippen molar-refractivity contribution in [2.24, 2.45) is 5.73 Å². The van der Waals surface area contributed by atoms with Gasteiger partial charge in [-0.2, -0.15) is 5.26 Å². The molecule has 1 aliphatic heterocycles. The molecular weight excluding hydrogens is 485 g/mol. The minimum absolute atomic E-state index is 0.0461. The Hall–Kier alpha value is -4.00. The molecule has 0 bridgehead atoms. The second-order valence-electron chi connectivity index (χ2n) is 6.90. The van der Waals surface area contributed by atoms with E-state index in [9.17, 15) is 24.8 Å². The maximum Gasteiger partial charge on any atom is 0.355 e. The number of hydrogen-bond donors (Lipinski definition) is 2. The topological polar surface area (TPSA) is 143 Å². The number of nitrogens with zero attached hydrogens (tertiary/aromatic N) is 2. The number of nitrogens with two attached hydrogens (primary N) is 1. The van der Waals surface area contributed by atoms with Crippen molar-refractivity contribution in [3.05, 3.63) is 86.3 Å². The molecule has 174 valence electrons. The van der Waals surface area contributed by atoms with Gasteiger partial charge in [-0.15, -0.1) is 0 Å². The van der Waals surface area contributed by atoms with Crippen LogP contribution in [0.1, 0.15) is 21.8 Å². The SMILES string of the molecule is COC(=O)C1=C(C(=O)OC)N(c2ccc(C(=O)O)c(Cl)c2Cl)C(N)=C(C#N)C1c1ccccc1. The summed E-state index contributed by atoms with van der Waals surface area (Å²) in [5.74, 6) is -4.51. The molecule has 0 spiro atoms. The number of ether oxygens (including phenoxy) is 2. The fourth-order valence-electron chi connectivity index (χ4n) is 3.64. The molecule has 3 rings (SSSR count). The van der Waals surface area contributed by atoms with Crippen molar-refractivity contribution >= 4 is 46.8 Å². The largest absolute Gasteiger partial charge is 0.478 e. The van der Waals surface area contributed by atoms with Gasteiger partial charge in [-0.1, -0.05) is 53.5 Å². The fourth-order valence-corrected chi connectivity index (χ4v) is 4.13. The number of carboxylic acid groups (broad SMARTS) is 1. The van der Waals surface area contributed by atoms with E-state index in [4.69, 9.17) is 38.4 Å². The highest BCUT2D eigenvalue weighted by atomic mass is 35.5. The maximum atomic E-state index is 13.0. The summed E-state index contributed by atoms with van der Waals surface area (Å²) in [4.78, 5) is 38.5. The molecular formula is C23H17Cl2N3O6. The van der Waals surface area contributed by atoms with Crippen molar-refractivity contribution < 1.29 is 29.0 Å². The Kier molecular flexibility index (Phi) is 7.15. The highest BCUT2D eigenvalue weighted by molar-refractivity contribution is 6.45. The van der Waals surface area contributed by atoms with Gasteiger partial charge in [-0.05, 0) is 17.7 Å². The summed E-state index contributed by atoms with van der Waals surface area (Å²) in [5.41, 5.74) is 5.86. The quantitative estimate of drug-likeness (QED) is 0.587. The summed E-state index contributed by atoms with van der Waals surface area (Å²) in [6, 6.07) is 12.9. The second-order valence-corrected chi connectivity index (χ2v) is 7.66. The Morgan fingerprint density at radius 3 is 2.18 bits per heavy atom. The second kappa shape index (κ2) is 9.87. The Bertz CT molecular complexity index is 1300. The Balaban J connectivity index is 2.45. The number of nitriles is 1. The molecule has 9 nitrogen and oxygen atoms in total. The van der Waals surface area contributed by atoms with Gasteiger partial charge < -0.3 is 20.3 Å². The van der Waals surface area contributed by atoms with Crippen LogP contribution in [0.15, 0.2) is 65.1 Å². The molecule has 1 heterocycles. The van der Waals surface area contributed by atoms with E-state index in [1.54, 1.807) is 30.3 Å². The number of hydrogen-bond acceptors (Lipinski definition) is 8. The lowest BCUT2D eigenvalue weighted by Crippen LogP contribution is -2.41. The normalized spacial score (nSPS) is 15.6. The first-order chi connectivity index (χ1) is 16.2. The van der Waals surface area contributed by atoms with Crippen LogP contribution in [0.4, 0.5) is 5.69 Å². The zero-order valence-electron chi connectivity index (χ0n) is 17.8. The van der Waals surface area contributed by atoms with Crippen LogP contribution < -0.4 is 10.6 Å². The summed E-state index contributed by atoms with van der Waals surface area (Å²) in [6.45, 7) is 0. The van der Waals surface area contributed by atoms with Gasteiger partial charge in [-0.3, -0.25) is 4.90 Å². The predicted molar refractivity (Wildman–Crippen MR) is 123 cm³/mol. The van der Waals surface area contributed by atoms with Crippen LogP contribution in [-0.4, -0.2) is 37.2 Å². The number of carbonyl (C=O) groups excluding carboxylic acids is 2. The number of rotatable bonds is 5. The van der Waals surface area contributed by atoms with Crippen molar-refractivity contribution in [3.8, 4) is 6.07 Å². The first kappa shape index (κ1) is 24.6. The van der Waals surface area contributed by atoms with Crippen molar-refractivity contribution in [2.75, 3.05) is 19.1 Å². The van der Waals surface area contributed by atoms with Crippen LogP contribution in [0.2, 0.25) is 10.0 Å². The smallest absolute Gasteiger partial charge is 0.355 e. The molecule has 2 aromatic carbocycles. The molecule has 0 amide bonds. The molecule has 1 atom stereocenters. The van der Waals surface area contributed by atoms with E-state index in [-0.39, 0.29) is 44.0 Å². The van der Waals surface area contributed by atoms with E-state index in [1.165, 1.54) is 6.07 Å². The average Bonchev–Trinajstić information content (AvgIpc) is 2.84. The van der Waals surface area contributed by atoms with E-state index in [0.717, 1.165) is 25.2 Å². The zero-order chi connectivity index (χ0) is 25.2. The van der Waals surface area contributed by atoms with Gasteiger partial charge in [0.25, 0.3) is 0 Å². The van der Waals surface area contributed by atoms with Crippen LogP contribution in [0.5, 0.6) is 0 Å². The molecule has 0 saturated heterocycles. The van der Waals surface area contributed by atoms with Crippen LogP contribution in [-0.2, 0) is 19.1 Å². The highest BCUT2D eigenvalue weighted by Crippen LogP contribution is 2.46. The Morgan fingerprint density at radius 2 is 1.65 bits per heavy atom. The standard InChI is InChI=1S/C23H17Cl2N3O6/c1-33-22(31)16-15(11-6-4-3-5-7-11)13(10-26)20(27)28(19(16)23(32)34-2)14-9-8-12(21(29)30)17(24)18(14)25/h3-9,15H,27H2,1-2H3,(H,29,30). The first-order valence-electron chi connectivity index (χ1n) is 9.56. The zero-order valence-corrected chi connectivity index (χ0v) is 19.3. The van der Waals surface area contributed by atoms with Crippen LogP contribution in [0, 0.1) is 11.3 Å². The number of carbonyl (C=O) groups is 3. The molecule has 34 heavy (non-hydrogen) atoms. The van der Waals surface area contributed by atoms with Gasteiger partial charge in [0.1, 0.15) is 11.5 Å². The molecule has 3 N–H and O–H groups in total. The molecule has 0 radical (unpaired) electrons. The van der Waals surface area contributed by atoms with E-state index >= 15 is 0 Å². The minimum Gasteiger partial charge on any atom is -0.478 e. The first-order valence-corrected chi connectivity index (χ1v) is 10.3. The molecule has 11 heteroatoms. The number of benzene rings is 2. The number of anilines is 1. The predicted octanol–water partition coefficient (Wildman–Crippen LogP) is 3.59. The van der Waals surface area contributed by atoms with Crippen LogP contribution >= 0.6 is 23.2 Å². The van der Waals surface area contributed by atoms with Crippen molar-refractivity contribution in [2.45, 2.75) is 5.92 Å². The van der Waals surface area contributed by atoms with Crippen LogP contribution in [0.3, 0.4) is 0 Å².